The smallest absolute Gasteiger partial charge is 0.191 e. The van der Waals surface area contributed by atoms with Crippen molar-refractivity contribution in [2.45, 2.75) is 64.1 Å². The molecule has 6 nitrogen and oxygen atoms in total. The Kier molecular flexibility index (Phi) is 9.93. The molecule has 1 aromatic carbocycles. The number of nitrogens with one attached hydrogen (secondary N) is 2. The molecule has 6 heteroatoms. The van der Waals surface area contributed by atoms with Gasteiger partial charge in [0.05, 0.1) is 6.10 Å². The second-order valence-corrected chi connectivity index (χ2v) is 8.34. The van der Waals surface area contributed by atoms with Gasteiger partial charge in [0, 0.05) is 58.1 Å². The van der Waals surface area contributed by atoms with Crippen molar-refractivity contribution in [3.63, 3.8) is 0 Å². The predicted octanol–water partition coefficient (Wildman–Crippen LogP) is 3.35. The first kappa shape index (κ1) is 23.0. The summed E-state index contributed by atoms with van der Waals surface area (Å²) in [6, 6.07) is 11.8. The number of piperidine rings is 1. The molecule has 0 amide bonds. The molecular weight excluding hydrogens is 376 g/mol. The van der Waals surface area contributed by atoms with Gasteiger partial charge < -0.3 is 20.1 Å². The molecule has 0 bridgehead atoms. The third kappa shape index (κ3) is 7.56. The first-order chi connectivity index (χ1) is 14.8. The SMILES string of the molecule is CCNC(=NCCCOC1CCOCC1)NC1CCN(C(C)c2ccccc2)CC1. The minimum Gasteiger partial charge on any atom is -0.381 e. The van der Waals surface area contributed by atoms with Crippen LogP contribution in [-0.4, -0.2) is 69.0 Å². The van der Waals surface area contributed by atoms with Crippen LogP contribution in [0.3, 0.4) is 0 Å². The molecule has 168 valence electrons. The summed E-state index contributed by atoms with van der Waals surface area (Å²) in [5, 5.41) is 7.05. The number of nitrogens with zero attached hydrogens (tertiary/aromatic N) is 2. The summed E-state index contributed by atoms with van der Waals surface area (Å²) in [6.07, 6.45) is 5.67. The summed E-state index contributed by atoms with van der Waals surface area (Å²) < 4.78 is 11.3. The van der Waals surface area contributed by atoms with Crippen molar-refractivity contribution in [1.29, 1.82) is 0 Å². The van der Waals surface area contributed by atoms with Gasteiger partial charge in [-0.1, -0.05) is 30.3 Å². The fourth-order valence-electron chi connectivity index (χ4n) is 4.23. The van der Waals surface area contributed by atoms with Crippen LogP contribution >= 0.6 is 0 Å². The number of rotatable bonds is 9. The lowest BCUT2D eigenvalue weighted by Gasteiger charge is -2.37. The van der Waals surface area contributed by atoms with E-state index >= 15 is 0 Å². The van der Waals surface area contributed by atoms with E-state index in [0.29, 0.717) is 18.2 Å². The highest BCUT2D eigenvalue weighted by atomic mass is 16.5. The monoisotopic (exact) mass is 416 g/mol. The van der Waals surface area contributed by atoms with Crippen LogP contribution in [0.25, 0.3) is 0 Å². The van der Waals surface area contributed by atoms with Crippen LogP contribution in [0.15, 0.2) is 35.3 Å². The van der Waals surface area contributed by atoms with Crippen LogP contribution in [0.4, 0.5) is 0 Å². The van der Waals surface area contributed by atoms with Gasteiger partial charge in [0.25, 0.3) is 0 Å². The summed E-state index contributed by atoms with van der Waals surface area (Å²) in [4.78, 5) is 7.36. The minimum absolute atomic E-state index is 0.373. The Bertz CT molecular complexity index is 611. The molecule has 2 heterocycles. The van der Waals surface area contributed by atoms with Gasteiger partial charge in [-0.05, 0) is 51.5 Å². The van der Waals surface area contributed by atoms with E-state index in [0.717, 1.165) is 84.1 Å². The molecular formula is C24H40N4O2. The summed E-state index contributed by atoms with van der Waals surface area (Å²) in [7, 11) is 0. The Morgan fingerprint density at radius 3 is 2.60 bits per heavy atom. The number of likely N-dealkylation sites (tertiary alicyclic amines) is 1. The topological polar surface area (TPSA) is 58.1 Å². The number of hydrogen-bond acceptors (Lipinski definition) is 4. The number of ether oxygens (including phenoxy) is 2. The van der Waals surface area contributed by atoms with Crippen LogP contribution in [0.2, 0.25) is 0 Å². The highest BCUT2D eigenvalue weighted by molar-refractivity contribution is 5.80. The Hall–Kier alpha value is -1.63. The van der Waals surface area contributed by atoms with Crippen LogP contribution in [-0.2, 0) is 9.47 Å². The van der Waals surface area contributed by atoms with Gasteiger partial charge in [-0.25, -0.2) is 0 Å². The molecule has 0 radical (unpaired) electrons. The quantitative estimate of drug-likeness (QED) is 0.367. The third-order valence-corrected chi connectivity index (χ3v) is 6.14. The summed E-state index contributed by atoms with van der Waals surface area (Å²) >= 11 is 0. The molecule has 3 rings (SSSR count). The van der Waals surface area contributed by atoms with Crippen LogP contribution in [0, 0.1) is 0 Å². The molecule has 2 aliphatic rings. The predicted molar refractivity (Wildman–Crippen MR) is 123 cm³/mol. The molecule has 2 fully saturated rings. The van der Waals surface area contributed by atoms with Crippen molar-refractivity contribution in [3.8, 4) is 0 Å². The van der Waals surface area contributed by atoms with Crippen molar-refractivity contribution in [1.82, 2.24) is 15.5 Å². The maximum atomic E-state index is 5.95. The van der Waals surface area contributed by atoms with Gasteiger partial charge >= 0.3 is 0 Å². The number of hydrogen-bond donors (Lipinski definition) is 2. The van der Waals surface area contributed by atoms with E-state index in [-0.39, 0.29) is 0 Å². The zero-order valence-electron chi connectivity index (χ0n) is 18.8. The Morgan fingerprint density at radius 1 is 1.17 bits per heavy atom. The van der Waals surface area contributed by atoms with E-state index in [9.17, 15) is 0 Å². The van der Waals surface area contributed by atoms with Gasteiger partial charge in [0.2, 0.25) is 0 Å². The highest BCUT2D eigenvalue weighted by Gasteiger charge is 2.24. The van der Waals surface area contributed by atoms with E-state index < -0.39 is 0 Å². The van der Waals surface area contributed by atoms with E-state index in [1.165, 1.54) is 5.56 Å². The zero-order chi connectivity index (χ0) is 21.0. The Morgan fingerprint density at radius 2 is 1.90 bits per heavy atom. The second-order valence-electron chi connectivity index (χ2n) is 8.34. The molecule has 2 N–H and O–H groups in total. The van der Waals surface area contributed by atoms with Gasteiger partial charge in [0.1, 0.15) is 0 Å². The van der Waals surface area contributed by atoms with Crippen molar-refractivity contribution >= 4 is 5.96 Å². The fraction of sp³-hybridized carbons (Fsp3) is 0.708. The fourth-order valence-corrected chi connectivity index (χ4v) is 4.23. The molecule has 0 aromatic heterocycles. The van der Waals surface area contributed by atoms with Crippen molar-refractivity contribution in [2.24, 2.45) is 4.99 Å². The third-order valence-electron chi connectivity index (χ3n) is 6.14. The lowest BCUT2D eigenvalue weighted by Crippen LogP contribution is -2.49. The van der Waals surface area contributed by atoms with Crippen molar-refractivity contribution in [3.05, 3.63) is 35.9 Å². The van der Waals surface area contributed by atoms with Gasteiger partial charge in [-0.3, -0.25) is 9.89 Å². The van der Waals surface area contributed by atoms with Gasteiger partial charge in [-0.15, -0.1) is 0 Å². The molecule has 30 heavy (non-hydrogen) atoms. The molecule has 1 unspecified atom stereocenters. The van der Waals surface area contributed by atoms with Crippen LogP contribution in [0.5, 0.6) is 0 Å². The van der Waals surface area contributed by atoms with Crippen molar-refractivity contribution < 1.29 is 9.47 Å². The van der Waals surface area contributed by atoms with E-state index in [1.807, 2.05) is 0 Å². The molecule has 2 aliphatic heterocycles. The Balaban J connectivity index is 1.37. The Labute approximate surface area is 182 Å². The average Bonchev–Trinajstić information content (AvgIpc) is 2.80. The zero-order valence-corrected chi connectivity index (χ0v) is 18.8. The van der Waals surface area contributed by atoms with Gasteiger partial charge in [0.15, 0.2) is 5.96 Å². The number of benzene rings is 1. The number of aliphatic imine (C=N–C) groups is 1. The summed E-state index contributed by atoms with van der Waals surface area (Å²) in [6.45, 7) is 10.8. The largest absolute Gasteiger partial charge is 0.381 e. The summed E-state index contributed by atoms with van der Waals surface area (Å²) in [5.74, 6) is 0.943. The maximum absolute atomic E-state index is 5.95. The molecule has 1 atom stereocenters. The van der Waals surface area contributed by atoms with E-state index in [2.05, 4.69) is 59.7 Å². The van der Waals surface area contributed by atoms with E-state index in [4.69, 9.17) is 14.5 Å². The molecule has 0 spiro atoms. The average molecular weight is 417 g/mol. The second kappa shape index (κ2) is 12.9. The van der Waals surface area contributed by atoms with Crippen LogP contribution in [0.1, 0.15) is 57.6 Å². The van der Waals surface area contributed by atoms with E-state index in [1.54, 1.807) is 0 Å². The standard InChI is InChI=1S/C24H40N4O2/c1-3-25-24(26-14-7-17-30-23-12-18-29-19-13-23)27-22-10-15-28(16-11-22)20(2)21-8-5-4-6-9-21/h4-6,8-9,20,22-23H,3,7,10-19H2,1-2H3,(H2,25,26,27). The minimum atomic E-state index is 0.373. The molecule has 0 aliphatic carbocycles. The van der Waals surface area contributed by atoms with Crippen molar-refractivity contribution in [2.75, 3.05) is 46.0 Å². The lowest BCUT2D eigenvalue weighted by atomic mass is 10.0. The first-order valence-electron chi connectivity index (χ1n) is 11.8. The lowest BCUT2D eigenvalue weighted by molar-refractivity contribution is -0.0318. The molecule has 2 saturated heterocycles. The molecule has 0 saturated carbocycles. The molecule has 1 aromatic rings. The summed E-state index contributed by atoms with van der Waals surface area (Å²) in [5.41, 5.74) is 1.40. The van der Waals surface area contributed by atoms with Gasteiger partial charge in [-0.2, -0.15) is 0 Å². The number of guanidine groups is 1. The van der Waals surface area contributed by atoms with Crippen LogP contribution < -0.4 is 10.6 Å². The normalized spacial score (nSPS) is 20.8. The maximum Gasteiger partial charge on any atom is 0.191 e. The highest BCUT2D eigenvalue weighted by Crippen LogP contribution is 2.24. The first-order valence-corrected chi connectivity index (χ1v) is 11.8.